The van der Waals surface area contributed by atoms with Crippen molar-refractivity contribution in [2.24, 2.45) is 0 Å². The zero-order valence-corrected chi connectivity index (χ0v) is 13.8. The number of carbonyl (C=O) groups excluding carboxylic acids is 2. The van der Waals surface area contributed by atoms with Crippen molar-refractivity contribution in [1.82, 2.24) is 10.4 Å². The highest BCUT2D eigenvalue weighted by molar-refractivity contribution is 5.76. The third-order valence-corrected chi connectivity index (χ3v) is 2.88. The number of hydrogen-bond acceptors (Lipinski definition) is 5. The normalized spacial score (nSPS) is 12.6. The molecule has 1 aromatic rings. The van der Waals surface area contributed by atoms with Gasteiger partial charge in [0.25, 0.3) is 0 Å². The van der Waals surface area contributed by atoms with E-state index in [4.69, 9.17) is 9.47 Å². The van der Waals surface area contributed by atoms with E-state index in [0.29, 0.717) is 6.42 Å². The standard InChI is InChI=1S/C16H24N2O4/c1-16(2,3)22-15(20)17-18(4)13(14(19)21-5)11-12-9-7-6-8-10-12/h6-10,13H,11H2,1-5H3,(H,17,20)/t13-/m1/s1. The van der Waals surface area contributed by atoms with Crippen molar-refractivity contribution >= 4 is 12.1 Å². The second-order valence-corrected chi connectivity index (χ2v) is 5.95. The number of ether oxygens (including phenoxy) is 2. The number of carbonyl (C=O) groups is 2. The molecule has 0 aliphatic carbocycles. The number of likely N-dealkylation sites (N-methyl/N-ethyl adjacent to an activating group) is 1. The van der Waals surface area contributed by atoms with E-state index in [0.717, 1.165) is 5.56 Å². The van der Waals surface area contributed by atoms with Gasteiger partial charge in [0.2, 0.25) is 0 Å². The molecule has 22 heavy (non-hydrogen) atoms. The summed E-state index contributed by atoms with van der Waals surface area (Å²) in [7, 11) is 2.93. The Hall–Kier alpha value is -2.08. The van der Waals surface area contributed by atoms with E-state index in [2.05, 4.69) is 5.43 Å². The third-order valence-electron chi connectivity index (χ3n) is 2.88. The average molecular weight is 308 g/mol. The van der Waals surface area contributed by atoms with E-state index < -0.39 is 23.7 Å². The molecular formula is C16H24N2O4. The molecule has 0 unspecified atom stereocenters. The summed E-state index contributed by atoms with van der Waals surface area (Å²) < 4.78 is 9.99. The number of nitrogens with zero attached hydrogens (tertiary/aromatic N) is 1. The minimum atomic E-state index is -0.639. The highest BCUT2D eigenvalue weighted by Gasteiger charge is 2.27. The molecule has 1 aromatic carbocycles. The second kappa shape index (κ2) is 7.79. The summed E-state index contributed by atoms with van der Waals surface area (Å²) >= 11 is 0. The maximum atomic E-state index is 12.0. The minimum absolute atomic E-state index is 0.416. The van der Waals surface area contributed by atoms with Crippen LogP contribution < -0.4 is 5.43 Å². The van der Waals surface area contributed by atoms with Crippen LogP contribution >= 0.6 is 0 Å². The van der Waals surface area contributed by atoms with Gasteiger partial charge < -0.3 is 9.47 Å². The molecular weight excluding hydrogens is 284 g/mol. The van der Waals surface area contributed by atoms with Gasteiger partial charge in [-0.2, -0.15) is 0 Å². The van der Waals surface area contributed by atoms with Crippen molar-refractivity contribution in [2.45, 2.75) is 38.8 Å². The van der Waals surface area contributed by atoms with Crippen molar-refractivity contribution in [3.8, 4) is 0 Å². The van der Waals surface area contributed by atoms with Crippen LogP contribution in [-0.2, 0) is 20.7 Å². The molecule has 0 spiro atoms. The minimum Gasteiger partial charge on any atom is -0.468 e. The summed E-state index contributed by atoms with van der Waals surface area (Å²) in [6.07, 6.45) is -0.197. The average Bonchev–Trinajstić information content (AvgIpc) is 2.42. The third kappa shape index (κ3) is 6.13. The Morgan fingerprint density at radius 2 is 1.82 bits per heavy atom. The number of rotatable bonds is 5. The molecule has 122 valence electrons. The Kier molecular flexibility index (Phi) is 6.37. The number of methoxy groups -OCH3 is 1. The molecule has 0 fully saturated rings. The Labute approximate surface area is 131 Å². The SMILES string of the molecule is COC(=O)[C@@H](Cc1ccccc1)N(C)NC(=O)OC(C)(C)C. The zero-order valence-electron chi connectivity index (χ0n) is 13.8. The molecule has 6 heteroatoms. The molecule has 0 heterocycles. The van der Waals surface area contributed by atoms with Crippen molar-refractivity contribution in [2.75, 3.05) is 14.2 Å². The lowest BCUT2D eigenvalue weighted by molar-refractivity contribution is -0.147. The Balaban J connectivity index is 2.75. The molecule has 0 saturated heterocycles. The molecule has 0 bridgehead atoms. The summed E-state index contributed by atoms with van der Waals surface area (Å²) in [5, 5.41) is 1.41. The van der Waals surface area contributed by atoms with Crippen LogP contribution in [0.15, 0.2) is 30.3 Å². The van der Waals surface area contributed by atoms with Crippen LogP contribution in [-0.4, -0.2) is 42.9 Å². The van der Waals surface area contributed by atoms with E-state index in [-0.39, 0.29) is 0 Å². The molecule has 1 rings (SSSR count). The highest BCUT2D eigenvalue weighted by atomic mass is 16.6. The van der Waals surface area contributed by atoms with Gasteiger partial charge in [-0.1, -0.05) is 30.3 Å². The molecule has 0 radical (unpaired) electrons. The zero-order chi connectivity index (χ0) is 16.8. The van der Waals surface area contributed by atoms with Crippen LogP contribution in [0.25, 0.3) is 0 Å². The summed E-state index contributed by atoms with van der Waals surface area (Å²) in [6, 6.07) is 8.88. The van der Waals surface area contributed by atoms with Gasteiger partial charge in [0.05, 0.1) is 7.11 Å². The fraction of sp³-hybridized carbons (Fsp3) is 0.500. The predicted octanol–water partition coefficient (Wildman–Crippen LogP) is 2.14. The quantitative estimate of drug-likeness (QED) is 0.667. The first-order valence-corrected chi connectivity index (χ1v) is 7.07. The van der Waals surface area contributed by atoms with Gasteiger partial charge >= 0.3 is 12.1 Å². The largest absolute Gasteiger partial charge is 0.468 e. The van der Waals surface area contributed by atoms with Crippen LogP contribution in [0.5, 0.6) is 0 Å². The molecule has 1 atom stereocenters. The molecule has 0 aliphatic rings. The van der Waals surface area contributed by atoms with Crippen molar-refractivity contribution in [3.63, 3.8) is 0 Å². The van der Waals surface area contributed by atoms with Crippen molar-refractivity contribution in [3.05, 3.63) is 35.9 Å². The van der Waals surface area contributed by atoms with Gasteiger partial charge in [-0.3, -0.25) is 10.2 Å². The van der Waals surface area contributed by atoms with Gasteiger partial charge in [0.15, 0.2) is 0 Å². The molecule has 1 amide bonds. The number of amides is 1. The van der Waals surface area contributed by atoms with Gasteiger partial charge in [-0.15, -0.1) is 0 Å². The Bertz CT molecular complexity index is 497. The number of esters is 1. The maximum Gasteiger partial charge on any atom is 0.422 e. The molecule has 0 saturated carbocycles. The summed E-state index contributed by atoms with van der Waals surface area (Å²) in [5.41, 5.74) is 2.91. The maximum absolute atomic E-state index is 12.0. The van der Waals surface area contributed by atoms with Crippen LogP contribution in [0.2, 0.25) is 0 Å². The van der Waals surface area contributed by atoms with Crippen LogP contribution in [0.3, 0.4) is 0 Å². The number of nitrogens with one attached hydrogen (secondary N) is 1. The summed E-state index contributed by atoms with van der Waals surface area (Å²) in [6.45, 7) is 5.32. The van der Waals surface area contributed by atoms with Gasteiger partial charge in [-0.05, 0) is 26.3 Å². The number of hydrazine groups is 1. The van der Waals surface area contributed by atoms with E-state index in [9.17, 15) is 9.59 Å². The fourth-order valence-electron chi connectivity index (χ4n) is 1.87. The Morgan fingerprint density at radius 1 is 1.23 bits per heavy atom. The first kappa shape index (κ1) is 18.0. The molecule has 1 N–H and O–H groups in total. The van der Waals surface area contributed by atoms with E-state index >= 15 is 0 Å². The van der Waals surface area contributed by atoms with E-state index in [1.807, 2.05) is 30.3 Å². The highest BCUT2D eigenvalue weighted by Crippen LogP contribution is 2.10. The van der Waals surface area contributed by atoms with Gasteiger partial charge in [0.1, 0.15) is 11.6 Å². The van der Waals surface area contributed by atoms with Gasteiger partial charge in [0, 0.05) is 13.5 Å². The smallest absolute Gasteiger partial charge is 0.422 e. The van der Waals surface area contributed by atoms with Crippen LogP contribution in [0, 0.1) is 0 Å². The predicted molar refractivity (Wildman–Crippen MR) is 83.1 cm³/mol. The molecule has 0 aromatic heterocycles. The van der Waals surface area contributed by atoms with Crippen molar-refractivity contribution in [1.29, 1.82) is 0 Å². The fourth-order valence-corrected chi connectivity index (χ4v) is 1.87. The Morgan fingerprint density at radius 3 is 2.32 bits per heavy atom. The molecule has 6 nitrogen and oxygen atoms in total. The molecule has 0 aliphatic heterocycles. The first-order valence-electron chi connectivity index (χ1n) is 7.07. The van der Waals surface area contributed by atoms with Crippen molar-refractivity contribution < 1.29 is 19.1 Å². The van der Waals surface area contributed by atoms with Crippen LogP contribution in [0.4, 0.5) is 4.79 Å². The first-order chi connectivity index (χ1) is 10.2. The summed E-state index contributed by atoms with van der Waals surface area (Å²) in [5.74, 6) is -0.428. The lowest BCUT2D eigenvalue weighted by Gasteiger charge is -2.28. The lowest BCUT2D eigenvalue weighted by Crippen LogP contribution is -2.51. The van der Waals surface area contributed by atoms with E-state index in [1.54, 1.807) is 27.8 Å². The number of hydrogen-bond donors (Lipinski definition) is 1. The monoisotopic (exact) mass is 308 g/mol. The topological polar surface area (TPSA) is 67.9 Å². The van der Waals surface area contributed by atoms with E-state index in [1.165, 1.54) is 12.1 Å². The van der Waals surface area contributed by atoms with Crippen LogP contribution in [0.1, 0.15) is 26.3 Å². The summed E-state index contributed by atoms with van der Waals surface area (Å²) in [4.78, 5) is 23.8. The van der Waals surface area contributed by atoms with Gasteiger partial charge in [-0.25, -0.2) is 9.80 Å². The number of benzene rings is 1. The lowest BCUT2D eigenvalue weighted by atomic mass is 10.1. The second-order valence-electron chi connectivity index (χ2n) is 5.95.